The van der Waals surface area contributed by atoms with Gasteiger partial charge in [-0.1, -0.05) is 23.4 Å². The predicted molar refractivity (Wildman–Crippen MR) is 115 cm³/mol. The molecule has 29 heavy (non-hydrogen) atoms. The summed E-state index contributed by atoms with van der Waals surface area (Å²) in [5, 5.41) is 0.547. The van der Waals surface area contributed by atoms with Gasteiger partial charge >= 0.3 is 0 Å². The van der Waals surface area contributed by atoms with E-state index in [-0.39, 0.29) is 17.6 Å². The number of hydrogen-bond donors (Lipinski definition) is 0. The molecule has 0 aliphatic carbocycles. The first-order valence-electron chi connectivity index (χ1n) is 9.29. The fourth-order valence-corrected chi connectivity index (χ4v) is 4.28. The lowest BCUT2D eigenvalue weighted by Gasteiger charge is -2.33. The van der Waals surface area contributed by atoms with E-state index in [1.165, 1.54) is 30.0 Å². The summed E-state index contributed by atoms with van der Waals surface area (Å²) in [6.07, 6.45) is 3.25. The van der Waals surface area contributed by atoms with Gasteiger partial charge < -0.3 is 9.80 Å². The van der Waals surface area contributed by atoms with Crippen LogP contribution in [0.2, 0.25) is 5.02 Å². The highest BCUT2D eigenvalue weighted by Crippen LogP contribution is 2.34. The van der Waals surface area contributed by atoms with E-state index in [0.29, 0.717) is 31.2 Å². The molecule has 1 aliphatic heterocycles. The molecule has 3 rings (SSSR count). The molecule has 2 aromatic rings. The minimum atomic E-state index is -0.267. The molecular formula is C22H22ClFN2O2S. The smallest absolute Gasteiger partial charge is 0.246 e. The van der Waals surface area contributed by atoms with Crippen LogP contribution in [-0.2, 0) is 9.59 Å². The van der Waals surface area contributed by atoms with Gasteiger partial charge in [0.05, 0.1) is 0 Å². The van der Waals surface area contributed by atoms with Crippen molar-refractivity contribution in [1.29, 1.82) is 0 Å². The third-order valence-corrected chi connectivity index (χ3v) is 6.27. The number of carbonyl (C=O) groups is 2. The first-order valence-corrected chi connectivity index (χ1v) is 10.5. The third-order valence-electron chi connectivity index (χ3n) is 4.78. The van der Waals surface area contributed by atoms with Crippen LogP contribution in [0.4, 0.5) is 4.39 Å². The zero-order valence-corrected chi connectivity index (χ0v) is 17.9. The molecule has 2 aromatic carbocycles. The molecule has 0 radical (unpaired) electrons. The molecule has 1 saturated heterocycles. The molecule has 0 unspecified atom stereocenters. The van der Waals surface area contributed by atoms with Gasteiger partial charge in [0, 0.05) is 54.0 Å². The molecule has 1 fully saturated rings. The minimum absolute atomic E-state index is 0.0356. The van der Waals surface area contributed by atoms with Gasteiger partial charge in [-0.05, 0) is 60.5 Å². The fourth-order valence-electron chi connectivity index (χ4n) is 3.06. The van der Waals surface area contributed by atoms with E-state index in [4.69, 9.17) is 11.6 Å². The number of rotatable bonds is 4. The van der Waals surface area contributed by atoms with Crippen LogP contribution < -0.4 is 0 Å². The van der Waals surface area contributed by atoms with Crippen LogP contribution in [0.3, 0.4) is 0 Å². The van der Waals surface area contributed by atoms with E-state index in [0.717, 1.165) is 20.9 Å². The molecule has 0 bridgehead atoms. The second kappa shape index (κ2) is 9.46. The minimum Gasteiger partial charge on any atom is -0.339 e. The van der Waals surface area contributed by atoms with E-state index in [1.807, 2.05) is 19.1 Å². The Morgan fingerprint density at radius 1 is 1.07 bits per heavy atom. The number of amides is 2. The summed E-state index contributed by atoms with van der Waals surface area (Å²) in [6, 6.07) is 10.1. The van der Waals surface area contributed by atoms with Crippen LogP contribution in [0.5, 0.6) is 0 Å². The molecule has 0 atom stereocenters. The van der Waals surface area contributed by atoms with Crippen molar-refractivity contribution in [3.63, 3.8) is 0 Å². The van der Waals surface area contributed by atoms with Crippen molar-refractivity contribution in [2.75, 3.05) is 26.2 Å². The van der Waals surface area contributed by atoms with Crippen molar-refractivity contribution in [2.24, 2.45) is 0 Å². The number of carbonyl (C=O) groups excluding carboxylic acids is 2. The summed E-state index contributed by atoms with van der Waals surface area (Å²) >= 11 is 7.94. The fraction of sp³-hybridized carbons (Fsp3) is 0.273. The topological polar surface area (TPSA) is 40.6 Å². The molecule has 0 saturated carbocycles. The Labute approximate surface area is 179 Å². The molecular weight excluding hydrogens is 411 g/mol. The van der Waals surface area contributed by atoms with Gasteiger partial charge in [0.25, 0.3) is 0 Å². The predicted octanol–water partition coefficient (Wildman–Crippen LogP) is 4.64. The van der Waals surface area contributed by atoms with Crippen LogP contribution in [0, 0.1) is 12.7 Å². The molecule has 1 aliphatic rings. The van der Waals surface area contributed by atoms with Crippen LogP contribution >= 0.6 is 23.4 Å². The maximum Gasteiger partial charge on any atom is 0.246 e. The standard InChI is InChI=1S/C22H22ClFN2O2S/c1-15-13-17(3-8-22(28)26-11-9-25(10-12-26)16(2)27)20(23)14-21(15)29-19-6-4-18(24)5-7-19/h3-8,13-14H,9-12H2,1-2H3. The first-order chi connectivity index (χ1) is 13.8. The SMILES string of the molecule is CC(=O)N1CCN(C(=O)C=Cc2cc(C)c(Sc3ccc(F)cc3)cc2Cl)CC1. The highest BCUT2D eigenvalue weighted by Gasteiger charge is 2.20. The van der Waals surface area contributed by atoms with Gasteiger partial charge in [0.15, 0.2) is 0 Å². The molecule has 4 nitrogen and oxygen atoms in total. The van der Waals surface area contributed by atoms with E-state index >= 15 is 0 Å². The molecule has 0 N–H and O–H groups in total. The monoisotopic (exact) mass is 432 g/mol. The first kappa shape index (κ1) is 21.4. The lowest BCUT2D eigenvalue weighted by atomic mass is 10.1. The zero-order valence-electron chi connectivity index (χ0n) is 16.3. The van der Waals surface area contributed by atoms with E-state index in [1.54, 1.807) is 34.9 Å². The van der Waals surface area contributed by atoms with Crippen molar-refractivity contribution < 1.29 is 14.0 Å². The van der Waals surface area contributed by atoms with Gasteiger partial charge in [-0.25, -0.2) is 4.39 Å². The van der Waals surface area contributed by atoms with Crippen LogP contribution in [0.15, 0.2) is 52.3 Å². The van der Waals surface area contributed by atoms with Crippen molar-refractivity contribution in [1.82, 2.24) is 9.80 Å². The van der Waals surface area contributed by atoms with Crippen molar-refractivity contribution in [2.45, 2.75) is 23.6 Å². The Hall–Kier alpha value is -2.31. The molecule has 152 valence electrons. The van der Waals surface area contributed by atoms with Crippen molar-refractivity contribution in [3.05, 3.63) is 64.4 Å². The molecule has 7 heteroatoms. The largest absolute Gasteiger partial charge is 0.339 e. The van der Waals surface area contributed by atoms with Gasteiger partial charge in [-0.2, -0.15) is 0 Å². The van der Waals surface area contributed by atoms with Gasteiger partial charge in [-0.15, -0.1) is 0 Å². The number of nitrogens with zero attached hydrogens (tertiary/aromatic N) is 2. The molecule has 2 amide bonds. The Morgan fingerprint density at radius 2 is 1.69 bits per heavy atom. The summed E-state index contributed by atoms with van der Waals surface area (Å²) in [4.78, 5) is 29.2. The highest BCUT2D eigenvalue weighted by molar-refractivity contribution is 7.99. The lowest BCUT2D eigenvalue weighted by Crippen LogP contribution is -2.49. The summed E-state index contributed by atoms with van der Waals surface area (Å²) in [5.41, 5.74) is 1.79. The number of halogens is 2. The number of aryl methyl sites for hydroxylation is 1. The second-order valence-corrected chi connectivity index (χ2v) is 8.38. The Bertz CT molecular complexity index is 939. The lowest BCUT2D eigenvalue weighted by molar-refractivity contribution is -0.135. The maximum absolute atomic E-state index is 13.1. The van der Waals surface area contributed by atoms with Crippen LogP contribution in [0.25, 0.3) is 6.08 Å². The van der Waals surface area contributed by atoms with Gasteiger partial charge in [0.2, 0.25) is 11.8 Å². The van der Waals surface area contributed by atoms with Crippen LogP contribution in [0.1, 0.15) is 18.1 Å². The average Bonchev–Trinajstić information content (AvgIpc) is 2.71. The zero-order chi connectivity index (χ0) is 21.0. The summed E-state index contributed by atoms with van der Waals surface area (Å²) in [5.74, 6) is -0.322. The molecule has 0 aromatic heterocycles. The van der Waals surface area contributed by atoms with Crippen LogP contribution in [-0.4, -0.2) is 47.8 Å². The van der Waals surface area contributed by atoms with Gasteiger partial charge in [0.1, 0.15) is 5.82 Å². The highest BCUT2D eigenvalue weighted by atomic mass is 35.5. The molecule has 0 spiro atoms. The van der Waals surface area contributed by atoms with Gasteiger partial charge in [-0.3, -0.25) is 9.59 Å². The maximum atomic E-state index is 13.1. The number of piperazine rings is 1. The Balaban J connectivity index is 1.66. The second-order valence-electron chi connectivity index (χ2n) is 6.86. The van der Waals surface area contributed by atoms with Crippen molar-refractivity contribution >= 4 is 41.3 Å². The normalized spacial score (nSPS) is 14.5. The van der Waals surface area contributed by atoms with E-state index < -0.39 is 0 Å². The molecule has 1 heterocycles. The summed E-state index contributed by atoms with van der Waals surface area (Å²) < 4.78 is 13.1. The Kier molecular flexibility index (Phi) is 6.98. The van der Waals surface area contributed by atoms with Crippen molar-refractivity contribution in [3.8, 4) is 0 Å². The summed E-state index contributed by atoms with van der Waals surface area (Å²) in [7, 11) is 0. The summed E-state index contributed by atoms with van der Waals surface area (Å²) in [6.45, 7) is 5.70. The average molecular weight is 433 g/mol. The third kappa shape index (κ3) is 5.61. The Morgan fingerprint density at radius 3 is 2.31 bits per heavy atom. The van der Waals surface area contributed by atoms with E-state index in [9.17, 15) is 14.0 Å². The number of benzene rings is 2. The number of hydrogen-bond acceptors (Lipinski definition) is 3. The van der Waals surface area contributed by atoms with E-state index in [2.05, 4.69) is 0 Å². The quantitative estimate of drug-likeness (QED) is 0.660.